The van der Waals surface area contributed by atoms with Crippen LogP contribution in [0.25, 0.3) is 0 Å². The summed E-state index contributed by atoms with van der Waals surface area (Å²) in [4.78, 5) is 11.9. The lowest BCUT2D eigenvalue weighted by Gasteiger charge is -2.23. The van der Waals surface area contributed by atoms with Gasteiger partial charge in [0.15, 0.2) is 0 Å². The van der Waals surface area contributed by atoms with E-state index in [-0.39, 0.29) is 5.97 Å². The molecule has 0 amide bonds. The molecular weight excluding hydrogens is 266 g/mol. The van der Waals surface area contributed by atoms with Crippen LogP contribution in [0.2, 0.25) is 0 Å². The summed E-state index contributed by atoms with van der Waals surface area (Å²) in [6.07, 6.45) is 8.06. The highest BCUT2D eigenvalue weighted by atomic mass is 16.5. The van der Waals surface area contributed by atoms with Gasteiger partial charge < -0.3 is 10.1 Å². The summed E-state index contributed by atoms with van der Waals surface area (Å²) in [5.74, 6) is 0.406. The number of esters is 1. The van der Waals surface area contributed by atoms with Gasteiger partial charge in [0.2, 0.25) is 0 Å². The van der Waals surface area contributed by atoms with Crippen molar-refractivity contribution in [3.05, 3.63) is 17.5 Å². The zero-order chi connectivity index (χ0) is 15.2. The molecule has 0 bridgehead atoms. The van der Waals surface area contributed by atoms with Gasteiger partial charge in [-0.1, -0.05) is 26.2 Å². The van der Waals surface area contributed by atoms with Crippen LogP contribution in [0.15, 0.2) is 6.20 Å². The Labute approximate surface area is 127 Å². The van der Waals surface area contributed by atoms with Crippen molar-refractivity contribution in [3.8, 4) is 0 Å². The molecule has 0 aliphatic heterocycles. The quantitative estimate of drug-likeness (QED) is 0.670. The molecule has 0 radical (unpaired) electrons. The lowest BCUT2D eigenvalue weighted by atomic mass is 9.97. The minimum Gasteiger partial charge on any atom is -0.462 e. The van der Waals surface area contributed by atoms with Gasteiger partial charge in [-0.2, -0.15) is 5.10 Å². The fourth-order valence-electron chi connectivity index (χ4n) is 3.08. The first kappa shape index (κ1) is 16.0. The molecule has 21 heavy (non-hydrogen) atoms. The second kappa shape index (κ2) is 7.59. The van der Waals surface area contributed by atoms with E-state index in [4.69, 9.17) is 4.74 Å². The molecule has 1 aromatic rings. The van der Waals surface area contributed by atoms with E-state index in [1.54, 1.807) is 10.9 Å². The number of carbonyl (C=O) groups excluding carboxylic acids is 1. The second-order valence-corrected chi connectivity index (χ2v) is 5.95. The Kier molecular flexibility index (Phi) is 5.79. The van der Waals surface area contributed by atoms with Crippen LogP contribution in [0.5, 0.6) is 0 Å². The number of nitrogens with one attached hydrogen (secondary N) is 1. The molecule has 1 saturated carbocycles. The van der Waals surface area contributed by atoms with Crippen LogP contribution in [-0.2, 0) is 18.3 Å². The Morgan fingerprint density at radius 3 is 2.95 bits per heavy atom. The van der Waals surface area contributed by atoms with Gasteiger partial charge in [0.1, 0.15) is 5.56 Å². The van der Waals surface area contributed by atoms with Crippen LogP contribution < -0.4 is 5.32 Å². The standard InChI is InChI=1S/C16H27N3O2/c1-4-21-16(20)13-10-18-19(3)15(13)11-17-14-9-7-5-6-8-12(14)2/h10,12,14,17H,4-9,11H2,1-3H3. The van der Waals surface area contributed by atoms with E-state index < -0.39 is 0 Å². The maximum absolute atomic E-state index is 11.9. The van der Waals surface area contributed by atoms with Crippen molar-refractivity contribution >= 4 is 5.97 Å². The van der Waals surface area contributed by atoms with Crippen molar-refractivity contribution in [3.63, 3.8) is 0 Å². The first-order chi connectivity index (χ1) is 10.1. The van der Waals surface area contributed by atoms with Crippen LogP contribution in [0.1, 0.15) is 62.0 Å². The maximum Gasteiger partial charge on any atom is 0.341 e. The summed E-state index contributed by atoms with van der Waals surface area (Å²) in [5, 5.41) is 7.82. The first-order valence-electron chi connectivity index (χ1n) is 8.04. The van der Waals surface area contributed by atoms with Crippen LogP contribution in [0.4, 0.5) is 0 Å². The Morgan fingerprint density at radius 1 is 1.43 bits per heavy atom. The van der Waals surface area contributed by atoms with E-state index in [1.807, 2.05) is 14.0 Å². The number of ether oxygens (including phenoxy) is 1. The molecule has 2 atom stereocenters. The minimum atomic E-state index is -0.281. The van der Waals surface area contributed by atoms with E-state index in [0.717, 1.165) is 5.69 Å². The largest absolute Gasteiger partial charge is 0.462 e. The third kappa shape index (κ3) is 4.06. The van der Waals surface area contributed by atoms with Crippen LogP contribution in [-0.4, -0.2) is 28.4 Å². The topological polar surface area (TPSA) is 56.1 Å². The molecule has 0 saturated heterocycles. The Hall–Kier alpha value is -1.36. The summed E-state index contributed by atoms with van der Waals surface area (Å²) in [6.45, 7) is 5.19. The fraction of sp³-hybridized carbons (Fsp3) is 0.750. The lowest BCUT2D eigenvalue weighted by molar-refractivity contribution is 0.0524. The second-order valence-electron chi connectivity index (χ2n) is 5.95. The predicted octanol–water partition coefficient (Wildman–Crippen LogP) is 2.66. The third-order valence-corrected chi connectivity index (χ3v) is 4.45. The van der Waals surface area contributed by atoms with Crippen LogP contribution >= 0.6 is 0 Å². The number of hydrogen-bond acceptors (Lipinski definition) is 4. The van der Waals surface area contributed by atoms with E-state index in [1.165, 1.54) is 32.1 Å². The number of nitrogens with zero attached hydrogens (tertiary/aromatic N) is 2. The summed E-state index contributed by atoms with van der Waals surface area (Å²) in [6, 6.07) is 0.525. The molecule has 1 fully saturated rings. The molecule has 2 rings (SSSR count). The van der Waals surface area contributed by atoms with Crippen molar-refractivity contribution in [1.82, 2.24) is 15.1 Å². The summed E-state index contributed by atoms with van der Waals surface area (Å²) in [5.41, 5.74) is 1.48. The number of rotatable bonds is 5. The number of aryl methyl sites for hydroxylation is 1. The van der Waals surface area contributed by atoms with Crippen LogP contribution in [0, 0.1) is 5.92 Å². The van der Waals surface area contributed by atoms with Gasteiger partial charge in [-0.3, -0.25) is 4.68 Å². The highest BCUT2D eigenvalue weighted by Gasteiger charge is 2.22. The number of hydrogen-bond donors (Lipinski definition) is 1. The smallest absolute Gasteiger partial charge is 0.341 e. The molecule has 1 heterocycles. The van der Waals surface area contributed by atoms with Crippen molar-refractivity contribution < 1.29 is 9.53 Å². The monoisotopic (exact) mass is 293 g/mol. The van der Waals surface area contributed by atoms with Crippen molar-refractivity contribution in [2.45, 2.75) is 58.5 Å². The third-order valence-electron chi connectivity index (χ3n) is 4.45. The number of carbonyl (C=O) groups is 1. The molecule has 1 aliphatic rings. The molecule has 0 aromatic carbocycles. The Balaban J connectivity index is 2.02. The molecule has 5 heteroatoms. The normalized spacial score (nSPS) is 22.8. The molecule has 1 N–H and O–H groups in total. The van der Waals surface area contributed by atoms with Gasteiger partial charge in [-0.15, -0.1) is 0 Å². The SMILES string of the molecule is CCOC(=O)c1cnn(C)c1CNC1CCCCCC1C. The van der Waals surface area contributed by atoms with Gasteiger partial charge in [-0.25, -0.2) is 4.79 Å². The Bertz CT molecular complexity index is 470. The van der Waals surface area contributed by atoms with Gasteiger partial charge in [-0.05, 0) is 25.7 Å². The van der Waals surface area contributed by atoms with Crippen molar-refractivity contribution in [1.29, 1.82) is 0 Å². The highest BCUT2D eigenvalue weighted by molar-refractivity contribution is 5.90. The van der Waals surface area contributed by atoms with Gasteiger partial charge in [0, 0.05) is 19.6 Å². The minimum absolute atomic E-state index is 0.281. The fourth-order valence-corrected chi connectivity index (χ4v) is 3.08. The first-order valence-corrected chi connectivity index (χ1v) is 8.04. The van der Waals surface area contributed by atoms with Gasteiger partial charge >= 0.3 is 5.97 Å². The highest BCUT2D eigenvalue weighted by Crippen LogP contribution is 2.23. The van der Waals surface area contributed by atoms with Gasteiger partial charge in [0.25, 0.3) is 0 Å². The summed E-state index contributed by atoms with van der Waals surface area (Å²) in [7, 11) is 1.87. The molecular formula is C16H27N3O2. The Morgan fingerprint density at radius 2 is 2.19 bits per heavy atom. The molecule has 0 spiro atoms. The predicted molar refractivity (Wildman–Crippen MR) is 82.0 cm³/mol. The van der Waals surface area contributed by atoms with E-state index >= 15 is 0 Å². The van der Waals surface area contributed by atoms with Crippen LogP contribution in [0.3, 0.4) is 0 Å². The molecule has 1 aliphatic carbocycles. The van der Waals surface area contributed by atoms with Crippen molar-refractivity contribution in [2.75, 3.05) is 6.61 Å². The molecule has 5 nitrogen and oxygen atoms in total. The van der Waals surface area contributed by atoms with E-state index in [9.17, 15) is 4.79 Å². The molecule has 118 valence electrons. The van der Waals surface area contributed by atoms with Crippen molar-refractivity contribution in [2.24, 2.45) is 13.0 Å². The zero-order valence-corrected chi connectivity index (χ0v) is 13.4. The average molecular weight is 293 g/mol. The summed E-state index contributed by atoms with van der Waals surface area (Å²) < 4.78 is 6.86. The van der Waals surface area contributed by atoms with E-state index in [0.29, 0.717) is 30.7 Å². The lowest BCUT2D eigenvalue weighted by Crippen LogP contribution is -2.34. The maximum atomic E-state index is 11.9. The van der Waals surface area contributed by atoms with Gasteiger partial charge in [0.05, 0.1) is 18.5 Å². The van der Waals surface area contributed by atoms with E-state index in [2.05, 4.69) is 17.3 Å². The zero-order valence-electron chi connectivity index (χ0n) is 13.4. The number of aromatic nitrogens is 2. The molecule has 1 aromatic heterocycles. The summed E-state index contributed by atoms with van der Waals surface area (Å²) >= 11 is 0. The average Bonchev–Trinajstić information content (AvgIpc) is 2.70. The molecule has 2 unspecified atom stereocenters.